The Morgan fingerprint density at radius 3 is 2.69 bits per heavy atom. The van der Waals surface area contributed by atoms with Crippen LogP contribution in [0.15, 0.2) is 35.9 Å². The maximum absolute atomic E-state index is 12.7. The van der Waals surface area contributed by atoms with Crippen LogP contribution in [-0.4, -0.2) is 33.2 Å². The quantitative estimate of drug-likeness (QED) is 0.777. The van der Waals surface area contributed by atoms with Crippen molar-refractivity contribution in [3.05, 3.63) is 41.5 Å². The minimum absolute atomic E-state index is 0.0467. The lowest BCUT2D eigenvalue weighted by atomic mass is 10.1. The van der Waals surface area contributed by atoms with E-state index in [4.69, 9.17) is 0 Å². The lowest BCUT2D eigenvalue weighted by Crippen LogP contribution is -2.37. The van der Waals surface area contributed by atoms with E-state index in [0.29, 0.717) is 6.54 Å². The molecule has 2 atom stereocenters. The summed E-state index contributed by atoms with van der Waals surface area (Å²) < 4.78 is 26.8. The Labute approximate surface area is 156 Å². The number of nitrogens with zero attached hydrogens (tertiary/aromatic N) is 1. The Morgan fingerprint density at radius 1 is 1.31 bits per heavy atom. The van der Waals surface area contributed by atoms with Gasteiger partial charge in [-0.1, -0.05) is 43.7 Å². The van der Waals surface area contributed by atoms with Gasteiger partial charge in [-0.2, -0.15) is 0 Å². The van der Waals surface area contributed by atoms with Crippen molar-refractivity contribution in [3.63, 3.8) is 0 Å². The molecule has 1 aliphatic heterocycles. The molecule has 1 heterocycles. The van der Waals surface area contributed by atoms with Gasteiger partial charge in [0.1, 0.15) is 0 Å². The molecule has 5 nitrogen and oxygen atoms in total. The first-order valence-corrected chi connectivity index (χ1v) is 10.8. The second-order valence-corrected chi connectivity index (χ2v) is 10.1. The van der Waals surface area contributed by atoms with Gasteiger partial charge in [-0.3, -0.25) is 9.10 Å². The molecule has 1 aromatic carbocycles. The van der Waals surface area contributed by atoms with E-state index in [-0.39, 0.29) is 35.5 Å². The number of amides is 1. The standard InChI is InChI=1S/C20H28N2O3S/c1-14(2)13-16-18(20(16,3)4)19(23)21-10-12-26(24,25)22-11-9-15-7-5-6-8-17(15)22/h5-8,13,16,18H,9-12H2,1-4H3,(H,21,23)/t16-,18-/m1/s1. The van der Waals surface area contributed by atoms with Crippen molar-refractivity contribution in [1.82, 2.24) is 5.32 Å². The van der Waals surface area contributed by atoms with Gasteiger partial charge in [-0.05, 0) is 43.2 Å². The third-order valence-electron chi connectivity index (χ3n) is 5.55. The Bertz CT molecular complexity index is 838. The van der Waals surface area contributed by atoms with E-state index in [2.05, 4.69) is 25.2 Å². The molecule has 0 radical (unpaired) electrons. The van der Waals surface area contributed by atoms with Gasteiger partial charge < -0.3 is 5.32 Å². The molecule has 26 heavy (non-hydrogen) atoms. The maximum atomic E-state index is 12.7. The van der Waals surface area contributed by atoms with Gasteiger partial charge in [0.15, 0.2) is 0 Å². The molecule has 1 fully saturated rings. The average Bonchev–Trinajstić information content (AvgIpc) is 2.92. The Hall–Kier alpha value is -1.82. The number of rotatable bonds is 6. The van der Waals surface area contributed by atoms with Crippen LogP contribution in [0.4, 0.5) is 5.69 Å². The second-order valence-electron chi connectivity index (χ2n) is 8.13. The van der Waals surface area contributed by atoms with Crippen LogP contribution in [0, 0.1) is 17.3 Å². The van der Waals surface area contributed by atoms with Crippen molar-refractivity contribution in [1.29, 1.82) is 0 Å². The molecule has 3 rings (SSSR count). The van der Waals surface area contributed by atoms with E-state index < -0.39 is 10.0 Å². The molecule has 0 saturated heterocycles. The third kappa shape index (κ3) is 3.52. The summed E-state index contributed by atoms with van der Waals surface area (Å²) in [5.74, 6) is 0.0322. The molecule has 1 N–H and O–H groups in total. The summed E-state index contributed by atoms with van der Waals surface area (Å²) in [5.41, 5.74) is 2.97. The lowest BCUT2D eigenvalue weighted by Gasteiger charge is -2.19. The lowest BCUT2D eigenvalue weighted by molar-refractivity contribution is -0.123. The molecular formula is C20H28N2O3S. The van der Waals surface area contributed by atoms with Crippen LogP contribution in [0.3, 0.4) is 0 Å². The van der Waals surface area contributed by atoms with Gasteiger partial charge in [0.05, 0.1) is 17.4 Å². The molecular weight excluding hydrogens is 348 g/mol. The fraction of sp³-hybridized carbons (Fsp3) is 0.550. The molecule has 1 aromatic rings. The highest BCUT2D eigenvalue weighted by Gasteiger charge is 2.60. The van der Waals surface area contributed by atoms with Crippen LogP contribution in [0.1, 0.15) is 33.3 Å². The topological polar surface area (TPSA) is 66.5 Å². The van der Waals surface area contributed by atoms with Gasteiger partial charge in [0, 0.05) is 13.1 Å². The van der Waals surface area contributed by atoms with Gasteiger partial charge in [-0.25, -0.2) is 8.42 Å². The van der Waals surface area contributed by atoms with Crippen molar-refractivity contribution in [3.8, 4) is 0 Å². The first kappa shape index (κ1) is 19.0. The van der Waals surface area contributed by atoms with E-state index in [0.717, 1.165) is 17.7 Å². The molecule has 0 bridgehead atoms. The summed E-state index contributed by atoms with van der Waals surface area (Å²) in [6, 6.07) is 7.59. The molecule has 1 aliphatic carbocycles. The minimum Gasteiger partial charge on any atom is -0.355 e. The highest BCUT2D eigenvalue weighted by atomic mass is 32.2. The number of nitrogens with one attached hydrogen (secondary N) is 1. The van der Waals surface area contributed by atoms with E-state index in [1.54, 1.807) is 0 Å². The van der Waals surface area contributed by atoms with Gasteiger partial charge >= 0.3 is 0 Å². The molecule has 1 amide bonds. The highest BCUT2D eigenvalue weighted by Crippen LogP contribution is 2.59. The molecule has 2 aliphatic rings. The zero-order valence-electron chi connectivity index (χ0n) is 16.0. The summed E-state index contributed by atoms with van der Waals surface area (Å²) >= 11 is 0. The third-order valence-corrected chi connectivity index (χ3v) is 7.32. The normalized spacial score (nSPS) is 23.3. The SMILES string of the molecule is CC(C)=C[C@@H]1[C@H](C(=O)NCCS(=O)(=O)N2CCc3ccccc32)C1(C)C. The second kappa shape index (κ2) is 6.72. The zero-order valence-corrected chi connectivity index (χ0v) is 16.8. The van der Waals surface area contributed by atoms with E-state index in [1.807, 2.05) is 38.1 Å². The number of fused-ring (bicyclic) bond motifs is 1. The number of sulfonamides is 1. The van der Waals surface area contributed by atoms with E-state index >= 15 is 0 Å². The number of anilines is 1. The zero-order chi connectivity index (χ0) is 19.1. The Morgan fingerprint density at radius 2 is 2.00 bits per heavy atom. The largest absolute Gasteiger partial charge is 0.355 e. The fourth-order valence-electron chi connectivity index (χ4n) is 3.97. The summed E-state index contributed by atoms with van der Waals surface area (Å²) in [7, 11) is -3.43. The molecule has 142 valence electrons. The van der Waals surface area contributed by atoms with Crippen LogP contribution in [-0.2, 0) is 21.2 Å². The average molecular weight is 377 g/mol. The van der Waals surface area contributed by atoms with Crippen molar-refractivity contribution >= 4 is 21.6 Å². The highest BCUT2D eigenvalue weighted by molar-refractivity contribution is 7.92. The minimum atomic E-state index is -3.43. The first-order chi connectivity index (χ1) is 12.1. The number of benzene rings is 1. The van der Waals surface area contributed by atoms with Crippen molar-refractivity contribution < 1.29 is 13.2 Å². The predicted molar refractivity (Wildman–Crippen MR) is 104 cm³/mol. The summed E-state index contributed by atoms with van der Waals surface area (Å²) in [5, 5.41) is 2.83. The molecule has 0 aromatic heterocycles. The van der Waals surface area contributed by atoms with Gasteiger partial charge in [0.25, 0.3) is 0 Å². The Balaban J connectivity index is 1.57. The molecule has 1 saturated carbocycles. The smallest absolute Gasteiger partial charge is 0.236 e. The van der Waals surface area contributed by atoms with Crippen LogP contribution >= 0.6 is 0 Å². The maximum Gasteiger partial charge on any atom is 0.236 e. The number of hydrogen-bond donors (Lipinski definition) is 1. The molecule has 0 spiro atoms. The van der Waals surface area contributed by atoms with Crippen LogP contribution in [0.2, 0.25) is 0 Å². The van der Waals surface area contributed by atoms with E-state index in [9.17, 15) is 13.2 Å². The molecule has 0 unspecified atom stereocenters. The molecule has 6 heteroatoms. The first-order valence-electron chi connectivity index (χ1n) is 9.15. The fourth-order valence-corrected chi connectivity index (χ4v) is 5.40. The van der Waals surface area contributed by atoms with E-state index in [1.165, 1.54) is 9.88 Å². The van der Waals surface area contributed by atoms with Gasteiger partial charge in [-0.15, -0.1) is 0 Å². The number of allylic oxidation sites excluding steroid dienone is 2. The van der Waals surface area contributed by atoms with Crippen molar-refractivity contribution in [2.45, 2.75) is 34.1 Å². The van der Waals surface area contributed by atoms with Gasteiger partial charge in [0.2, 0.25) is 15.9 Å². The summed E-state index contributed by atoms with van der Waals surface area (Å²) in [6.07, 6.45) is 2.88. The predicted octanol–water partition coefficient (Wildman–Crippen LogP) is 2.73. The van der Waals surface area contributed by atoms with Crippen molar-refractivity contribution in [2.24, 2.45) is 17.3 Å². The number of hydrogen-bond acceptors (Lipinski definition) is 3. The van der Waals surface area contributed by atoms with Crippen molar-refractivity contribution in [2.75, 3.05) is 23.1 Å². The monoisotopic (exact) mass is 376 g/mol. The van der Waals surface area contributed by atoms with Crippen LogP contribution in [0.5, 0.6) is 0 Å². The number of para-hydroxylation sites is 1. The summed E-state index contributed by atoms with van der Waals surface area (Å²) in [4.78, 5) is 12.5. The number of carbonyl (C=O) groups excluding carboxylic acids is 1. The summed E-state index contributed by atoms with van der Waals surface area (Å²) in [6.45, 7) is 8.86. The Kier molecular flexibility index (Phi) is 4.90. The number of carbonyl (C=O) groups is 1. The van der Waals surface area contributed by atoms with Crippen LogP contribution in [0.25, 0.3) is 0 Å². The van der Waals surface area contributed by atoms with Crippen LogP contribution < -0.4 is 9.62 Å².